The predicted molar refractivity (Wildman–Crippen MR) is 101 cm³/mol. The average molecular weight is 359 g/mol. The molecule has 2 N–H and O–H groups in total. The first-order valence-electron chi connectivity index (χ1n) is 8.88. The Kier molecular flexibility index (Phi) is 4.25. The number of hydrogen-bond acceptors (Lipinski definition) is 4. The Balaban J connectivity index is 1.96. The van der Waals surface area contributed by atoms with Crippen molar-refractivity contribution >= 4 is 11.5 Å². The van der Waals surface area contributed by atoms with Gasteiger partial charge in [0.2, 0.25) is 0 Å². The SMILES string of the molecule is N#CC1=C(N)N(c2ccccc2)C2=C(C(=O)CCC2)[C@H]1c1ccc(F)cc1. The van der Waals surface area contributed by atoms with Crippen LogP contribution in [0.25, 0.3) is 0 Å². The minimum absolute atomic E-state index is 0.0201. The summed E-state index contributed by atoms with van der Waals surface area (Å²) in [7, 11) is 0. The fourth-order valence-corrected chi connectivity index (χ4v) is 3.95. The molecule has 2 aromatic rings. The van der Waals surface area contributed by atoms with Crippen molar-refractivity contribution in [1.82, 2.24) is 0 Å². The Hall–Kier alpha value is -3.39. The number of benzene rings is 2. The Bertz CT molecular complexity index is 1000. The lowest BCUT2D eigenvalue weighted by Gasteiger charge is -2.39. The number of rotatable bonds is 2. The Labute approximate surface area is 157 Å². The van der Waals surface area contributed by atoms with Gasteiger partial charge in [-0.05, 0) is 42.7 Å². The smallest absolute Gasteiger partial charge is 0.161 e. The summed E-state index contributed by atoms with van der Waals surface area (Å²) in [6, 6.07) is 17.6. The summed E-state index contributed by atoms with van der Waals surface area (Å²) >= 11 is 0. The van der Waals surface area contributed by atoms with Gasteiger partial charge in [-0.2, -0.15) is 5.26 Å². The van der Waals surface area contributed by atoms with Gasteiger partial charge >= 0.3 is 0 Å². The zero-order valence-corrected chi connectivity index (χ0v) is 14.7. The minimum atomic E-state index is -0.557. The number of nitrogens with zero attached hydrogens (tertiary/aromatic N) is 2. The molecule has 134 valence electrons. The van der Waals surface area contributed by atoms with Crippen LogP contribution in [0, 0.1) is 17.1 Å². The van der Waals surface area contributed by atoms with Gasteiger partial charge < -0.3 is 5.73 Å². The van der Waals surface area contributed by atoms with Gasteiger partial charge in [0.05, 0.1) is 17.6 Å². The molecular weight excluding hydrogens is 341 g/mol. The summed E-state index contributed by atoms with van der Waals surface area (Å²) < 4.78 is 13.4. The first kappa shape index (κ1) is 17.0. The number of hydrogen-bond donors (Lipinski definition) is 1. The van der Waals surface area contributed by atoms with Crippen LogP contribution in [0.3, 0.4) is 0 Å². The van der Waals surface area contributed by atoms with Crippen LogP contribution in [0.4, 0.5) is 10.1 Å². The predicted octanol–water partition coefficient (Wildman–Crippen LogP) is 4.13. The highest BCUT2D eigenvalue weighted by molar-refractivity contribution is 6.01. The van der Waals surface area contributed by atoms with Crippen LogP contribution in [0.15, 0.2) is 77.3 Å². The highest BCUT2D eigenvalue weighted by Crippen LogP contribution is 2.46. The summed E-state index contributed by atoms with van der Waals surface area (Å²) in [6.07, 6.45) is 1.89. The van der Waals surface area contributed by atoms with E-state index in [1.54, 1.807) is 12.1 Å². The maximum atomic E-state index is 13.4. The van der Waals surface area contributed by atoms with Crippen molar-refractivity contribution in [1.29, 1.82) is 5.26 Å². The zero-order chi connectivity index (χ0) is 19.0. The largest absolute Gasteiger partial charge is 0.384 e. The van der Waals surface area contributed by atoms with E-state index in [-0.39, 0.29) is 11.6 Å². The van der Waals surface area contributed by atoms with E-state index in [9.17, 15) is 14.4 Å². The average Bonchev–Trinajstić information content (AvgIpc) is 2.69. The van der Waals surface area contributed by atoms with E-state index in [0.29, 0.717) is 35.4 Å². The summed E-state index contributed by atoms with van der Waals surface area (Å²) in [5.74, 6) is -0.573. The van der Waals surface area contributed by atoms with Gasteiger partial charge in [-0.3, -0.25) is 9.69 Å². The molecule has 27 heavy (non-hydrogen) atoms. The second-order valence-corrected chi connectivity index (χ2v) is 6.70. The number of anilines is 1. The van der Waals surface area contributed by atoms with Crippen molar-refractivity contribution in [3.63, 3.8) is 0 Å². The Morgan fingerprint density at radius 1 is 1.07 bits per heavy atom. The highest BCUT2D eigenvalue weighted by Gasteiger charge is 2.40. The molecule has 0 amide bonds. The van der Waals surface area contributed by atoms with Crippen molar-refractivity contribution in [2.45, 2.75) is 25.2 Å². The summed E-state index contributed by atoms with van der Waals surface area (Å²) in [4.78, 5) is 14.7. The van der Waals surface area contributed by atoms with Crippen molar-refractivity contribution in [3.8, 4) is 6.07 Å². The molecular formula is C22H18FN3O. The van der Waals surface area contributed by atoms with Gasteiger partial charge in [-0.25, -0.2) is 4.39 Å². The van der Waals surface area contributed by atoms with Crippen LogP contribution in [-0.2, 0) is 4.79 Å². The van der Waals surface area contributed by atoms with Crippen LogP contribution < -0.4 is 10.6 Å². The Morgan fingerprint density at radius 3 is 2.44 bits per heavy atom. The number of carbonyl (C=O) groups is 1. The second kappa shape index (κ2) is 6.73. The number of Topliss-reactive ketones (excluding diaryl/α,β-unsaturated/α-hetero) is 1. The topological polar surface area (TPSA) is 70.1 Å². The third kappa shape index (κ3) is 2.80. The molecule has 4 rings (SSSR count). The summed E-state index contributed by atoms with van der Waals surface area (Å²) in [5.41, 5.74) is 9.72. The fraction of sp³-hybridized carbons (Fsp3) is 0.182. The number of ketones is 1. The van der Waals surface area contributed by atoms with E-state index >= 15 is 0 Å². The highest BCUT2D eigenvalue weighted by atomic mass is 19.1. The molecule has 0 saturated heterocycles. The van der Waals surface area contributed by atoms with E-state index in [1.165, 1.54) is 12.1 Å². The first-order valence-corrected chi connectivity index (χ1v) is 8.88. The van der Waals surface area contributed by atoms with Gasteiger partial charge in [0.1, 0.15) is 11.6 Å². The van der Waals surface area contributed by atoms with Crippen LogP contribution >= 0.6 is 0 Å². The Morgan fingerprint density at radius 2 is 1.78 bits per heavy atom. The standard InChI is InChI=1S/C22H18FN3O/c23-15-11-9-14(10-12-15)20-17(13-24)22(25)26(16-5-2-1-3-6-16)18-7-4-8-19(27)21(18)20/h1-3,5-6,9-12,20H,4,7-8,25H2/t20-/m0/s1. The maximum absolute atomic E-state index is 13.4. The lowest BCUT2D eigenvalue weighted by molar-refractivity contribution is -0.116. The fourth-order valence-electron chi connectivity index (χ4n) is 3.95. The minimum Gasteiger partial charge on any atom is -0.384 e. The van der Waals surface area contributed by atoms with Gasteiger partial charge in [0.15, 0.2) is 5.78 Å². The third-order valence-corrected chi connectivity index (χ3v) is 5.13. The molecule has 0 radical (unpaired) electrons. The van der Waals surface area contributed by atoms with E-state index in [0.717, 1.165) is 17.8 Å². The number of allylic oxidation sites excluding steroid dienone is 3. The van der Waals surface area contributed by atoms with E-state index in [4.69, 9.17) is 5.73 Å². The number of para-hydroxylation sites is 1. The number of nitriles is 1. The van der Waals surface area contributed by atoms with Gasteiger partial charge in [-0.15, -0.1) is 0 Å². The number of carbonyl (C=O) groups excluding carboxylic acids is 1. The van der Waals surface area contributed by atoms with Crippen LogP contribution in [-0.4, -0.2) is 5.78 Å². The summed E-state index contributed by atoms with van der Waals surface area (Å²) in [5, 5.41) is 9.87. The normalized spacial score (nSPS) is 19.8. The lowest BCUT2D eigenvalue weighted by Crippen LogP contribution is -2.38. The molecule has 1 atom stereocenters. The molecule has 1 heterocycles. The molecule has 1 aliphatic heterocycles. The van der Waals surface area contributed by atoms with E-state index in [1.807, 2.05) is 35.2 Å². The quantitative estimate of drug-likeness (QED) is 0.875. The molecule has 0 bridgehead atoms. The van der Waals surface area contributed by atoms with Gasteiger partial charge in [-0.1, -0.05) is 30.3 Å². The molecule has 5 heteroatoms. The molecule has 2 aromatic carbocycles. The molecule has 0 aromatic heterocycles. The molecule has 0 spiro atoms. The van der Waals surface area contributed by atoms with E-state index in [2.05, 4.69) is 6.07 Å². The van der Waals surface area contributed by atoms with Crippen LogP contribution in [0.2, 0.25) is 0 Å². The molecule has 2 aliphatic rings. The van der Waals surface area contributed by atoms with Crippen molar-refractivity contribution in [2.24, 2.45) is 5.73 Å². The monoisotopic (exact) mass is 359 g/mol. The van der Waals surface area contributed by atoms with Gasteiger partial charge in [0.25, 0.3) is 0 Å². The maximum Gasteiger partial charge on any atom is 0.161 e. The van der Waals surface area contributed by atoms with Crippen molar-refractivity contribution in [2.75, 3.05) is 4.90 Å². The lowest BCUT2D eigenvalue weighted by atomic mass is 9.75. The molecule has 0 fully saturated rings. The second-order valence-electron chi connectivity index (χ2n) is 6.70. The van der Waals surface area contributed by atoms with Crippen molar-refractivity contribution in [3.05, 3.63) is 88.6 Å². The zero-order valence-electron chi connectivity index (χ0n) is 14.7. The molecule has 1 aliphatic carbocycles. The molecule has 0 saturated carbocycles. The third-order valence-electron chi connectivity index (χ3n) is 5.13. The first-order chi connectivity index (χ1) is 13.1. The molecule has 0 unspecified atom stereocenters. The van der Waals surface area contributed by atoms with Gasteiger partial charge in [0, 0.05) is 23.4 Å². The van der Waals surface area contributed by atoms with E-state index < -0.39 is 5.92 Å². The van der Waals surface area contributed by atoms with Crippen LogP contribution in [0.1, 0.15) is 30.7 Å². The van der Waals surface area contributed by atoms with Crippen molar-refractivity contribution < 1.29 is 9.18 Å². The van der Waals surface area contributed by atoms with Crippen LogP contribution in [0.5, 0.6) is 0 Å². The number of halogens is 1. The molecule has 4 nitrogen and oxygen atoms in total. The summed E-state index contributed by atoms with van der Waals surface area (Å²) in [6.45, 7) is 0. The number of nitrogens with two attached hydrogens (primary N) is 1.